The Bertz CT molecular complexity index is 672. The highest BCUT2D eigenvalue weighted by Gasteiger charge is 2.47. The Hall–Kier alpha value is -1.96. The van der Waals surface area contributed by atoms with Crippen molar-refractivity contribution >= 4 is 5.78 Å². The van der Waals surface area contributed by atoms with Crippen LogP contribution in [0.5, 0.6) is 0 Å². The van der Waals surface area contributed by atoms with Crippen LogP contribution in [0.25, 0.3) is 4.85 Å². The smallest absolute Gasteiger partial charge is 0.228 e. The van der Waals surface area contributed by atoms with Gasteiger partial charge >= 0.3 is 0 Å². The molecule has 4 nitrogen and oxygen atoms in total. The molecule has 1 aromatic rings. The van der Waals surface area contributed by atoms with E-state index in [0.717, 1.165) is 19.6 Å². The fraction of sp³-hybridized carbons (Fsp3) is 0.474. The zero-order chi connectivity index (χ0) is 16.5. The van der Waals surface area contributed by atoms with Gasteiger partial charge in [-0.25, -0.2) is 4.85 Å². The van der Waals surface area contributed by atoms with E-state index in [1.807, 2.05) is 32.0 Å². The zero-order valence-electron chi connectivity index (χ0n) is 13.7. The molecule has 120 valence electrons. The summed E-state index contributed by atoms with van der Waals surface area (Å²) in [7, 11) is 0. The SMILES string of the molecule is [C-]#[N+]C1=CC2(CN(Cc3ccccc3)CCO2)CC(C)(C)C1=O. The lowest BCUT2D eigenvalue weighted by Gasteiger charge is -2.47. The van der Waals surface area contributed by atoms with Crippen molar-refractivity contribution in [3.05, 3.63) is 59.1 Å². The Labute approximate surface area is 137 Å². The molecule has 0 bridgehead atoms. The Kier molecular flexibility index (Phi) is 4.09. The number of hydrogen-bond acceptors (Lipinski definition) is 3. The van der Waals surface area contributed by atoms with Crippen LogP contribution in [0.1, 0.15) is 25.8 Å². The molecule has 2 aliphatic rings. The Balaban J connectivity index is 1.83. The molecule has 1 aliphatic heterocycles. The van der Waals surface area contributed by atoms with Crippen molar-refractivity contribution in [2.24, 2.45) is 5.41 Å². The molecule has 1 aromatic carbocycles. The Morgan fingerprint density at radius 1 is 1.30 bits per heavy atom. The first-order valence-electron chi connectivity index (χ1n) is 8.00. The molecule has 0 N–H and O–H groups in total. The van der Waals surface area contributed by atoms with E-state index in [2.05, 4.69) is 21.9 Å². The lowest BCUT2D eigenvalue weighted by molar-refractivity contribution is -0.137. The molecule has 3 rings (SSSR count). The van der Waals surface area contributed by atoms with Crippen LogP contribution in [0.3, 0.4) is 0 Å². The average Bonchev–Trinajstić information content (AvgIpc) is 2.52. The molecule has 1 heterocycles. The first kappa shape index (κ1) is 15.9. The molecule has 1 aliphatic carbocycles. The lowest BCUT2D eigenvalue weighted by Crippen LogP contribution is -2.55. The van der Waals surface area contributed by atoms with Crippen LogP contribution in [-0.4, -0.2) is 36.0 Å². The average molecular weight is 310 g/mol. The molecular weight excluding hydrogens is 288 g/mol. The van der Waals surface area contributed by atoms with Gasteiger partial charge in [0.15, 0.2) is 5.78 Å². The van der Waals surface area contributed by atoms with Crippen LogP contribution in [0, 0.1) is 12.0 Å². The summed E-state index contributed by atoms with van der Waals surface area (Å²) in [6.07, 6.45) is 2.40. The van der Waals surface area contributed by atoms with Gasteiger partial charge in [0.05, 0.1) is 18.8 Å². The lowest BCUT2D eigenvalue weighted by atomic mass is 9.71. The summed E-state index contributed by atoms with van der Waals surface area (Å²) in [5.74, 6) is -0.0677. The number of allylic oxidation sites excluding steroid dienone is 1. The number of Topliss-reactive ketones (excluding diaryl/α,β-unsaturated/α-hetero) is 1. The summed E-state index contributed by atoms with van der Waals surface area (Å²) in [5.41, 5.74) is 0.419. The van der Waals surface area contributed by atoms with Gasteiger partial charge in [0.1, 0.15) is 0 Å². The second-order valence-electron chi connectivity index (χ2n) is 7.14. The fourth-order valence-electron chi connectivity index (χ4n) is 3.68. The molecule has 1 saturated heterocycles. The second kappa shape index (κ2) is 5.92. The van der Waals surface area contributed by atoms with Crippen LogP contribution >= 0.6 is 0 Å². The molecule has 0 radical (unpaired) electrons. The van der Waals surface area contributed by atoms with E-state index >= 15 is 0 Å². The highest BCUT2D eigenvalue weighted by molar-refractivity contribution is 6.02. The summed E-state index contributed by atoms with van der Waals surface area (Å²) in [6.45, 7) is 14.2. The van der Waals surface area contributed by atoms with Gasteiger partial charge in [0, 0.05) is 25.0 Å². The minimum Gasteiger partial charge on any atom is -0.369 e. The van der Waals surface area contributed by atoms with E-state index in [0.29, 0.717) is 13.0 Å². The van der Waals surface area contributed by atoms with Crippen molar-refractivity contribution in [3.63, 3.8) is 0 Å². The maximum absolute atomic E-state index is 12.3. The zero-order valence-corrected chi connectivity index (χ0v) is 13.7. The minimum absolute atomic E-state index is 0.0677. The van der Waals surface area contributed by atoms with E-state index in [1.54, 1.807) is 6.08 Å². The maximum Gasteiger partial charge on any atom is 0.228 e. The molecule has 1 spiro atoms. The summed E-state index contributed by atoms with van der Waals surface area (Å²) < 4.78 is 6.08. The largest absolute Gasteiger partial charge is 0.369 e. The summed E-state index contributed by atoms with van der Waals surface area (Å²) in [6, 6.07) is 10.4. The van der Waals surface area contributed by atoms with E-state index in [9.17, 15) is 4.79 Å². The van der Waals surface area contributed by atoms with Gasteiger partial charge in [-0.1, -0.05) is 44.2 Å². The van der Waals surface area contributed by atoms with Gasteiger partial charge < -0.3 is 9.53 Å². The number of ketones is 1. The van der Waals surface area contributed by atoms with E-state index in [1.165, 1.54) is 5.56 Å². The number of rotatable bonds is 2. The molecule has 4 heteroatoms. The number of carbonyl (C=O) groups is 1. The maximum atomic E-state index is 12.3. The molecule has 1 unspecified atom stereocenters. The standard InChI is InChI=1S/C19H22N2O2/c1-18(2)13-19(11-16(20-3)17(18)22)14-21(9-10-23-19)12-15-7-5-4-6-8-15/h4-8,11H,9-10,12-14H2,1-2H3. The van der Waals surface area contributed by atoms with Gasteiger partial charge in [0.2, 0.25) is 5.70 Å². The first-order valence-corrected chi connectivity index (χ1v) is 8.00. The number of ether oxygens (including phenoxy) is 1. The van der Waals surface area contributed by atoms with E-state index < -0.39 is 11.0 Å². The predicted octanol–water partition coefficient (Wildman–Crippen LogP) is 3.06. The van der Waals surface area contributed by atoms with Crippen molar-refractivity contribution < 1.29 is 9.53 Å². The molecule has 1 fully saturated rings. The molecule has 1 atom stereocenters. The first-order chi connectivity index (χ1) is 10.9. The predicted molar refractivity (Wildman–Crippen MR) is 88.5 cm³/mol. The number of morpholine rings is 1. The Morgan fingerprint density at radius 3 is 2.74 bits per heavy atom. The number of carbonyl (C=O) groups excluding carboxylic acids is 1. The number of hydrogen-bond donors (Lipinski definition) is 0. The molecular formula is C19H22N2O2. The van der Waals surface area contributed by atoms with Crippen LogP contribution in [0.2, 0.25) is 0 Å². The van der Waals surface area contributed by atoms with Crippen molar-refractivity contribution in [1.29, 1.82) is 0 Å². The monoisotopic (exact) mass is 310 g/mol. The normalized spacial score (nSPS) is 27.5. The third-order valence-electron chi connectivity index (χ3n) is 4.65. The van der Waals surface area contributed by atoms with Crippen LogP contribution in [0.4, 0.5) is 0 Å². The van der Waals surface area contributed by atoms with Gasteiger partial charge in [-0.3, -0.25) is 4.90 Å². The van der Waals surface area contributed by atoms with Gasteiger partial charge in [-0.2, -0.15) is 0 Å². The third kappa shape index (κ3) is 3.21. The quantitative estimate of drug-likeness (QED) is 0.787. The fourth-order valence-corrected chi connectivity index (χ4v) is 3.68. The third-order valence-corrected chi connectivity index (χ3v) is 4.65. The highest BCUT2D eigenvalue weighted by Crippen LogP contribution is 2.41. The van der Waals surface area contributed by atoms with Crippen LogP contribution in [-0.2, 0) is 16.1 Å². The molecule has 0 saturated carbocycles. The molecule has 23 heavy (non-hydrogen) atoms. The van der Waals surface area contributed by atoms with Crippen molar-refractivity contribution in [2.45, 2.75) is 32.4 Å². The van der Waals surface area contributed by atoms with E-state index in [4.69, 9.17) is 11.3 Å². The molecule has 0 aromatic heterocycles. The highest BCUT2D eigenvalue weighted by atomic mass is 16.5. The minimum atomic E-state index is -0.551. The van der Waals surface area contributed by atoms with E-state index in [-0.39, 0.29) is 11.5 Å². The van der Waals surface area contributed by atoms with Crippen molar-refractivity contribution in [3.8, 4) is 0 Å². The molecule has 0 amide bonds. The van der Waals surface area contributed by atoms with Gasteiger partial charge in [-0.15, -0.1) is 0 Å². The van der Waals surface area contributed by atoms with Crippen molar-refractivity contribution in [2.75, 3.05) is 19.7 Å². The van der Waals surface area contributed by atoms with Gasteiger partial charge in [0.25, 0.3) is 0 Å². The summed E-state index contributed by atoms with van der Waals surface area (Å²) in [4.78, 5) is 18.1. The number of benzene rings is 1. The summed E-state index contributed by atoms with van der Waals surface area (Å²) >= 11 is 0. The topological polar surface area (TPSA) is 33.9 Å². The Morgan fingerprint density at radius 2 is 2.04 bits per heavy atom. The van der Waals surface area contributed by atoms with Crippen molar-refractivity contribution in [1.82, 2.24) is 4.90 Å². The summed E-state index contributed by atoms with van der Waals surface area (Å²) in [5, 5.41) is 0. The van der Waals surface area contributed by atoms with Gasteiger partial charge in [-0.05, 0) is 18.1 Å². The van der Waals surface area contributed by atoms with Crippen LogP contribution in [0.15, 0.2) is 42.1 Å². The van der Waals surface area contributed by atoms with Crippen LogP contribution < -0.4 is 0 Å². The number of nitrogens with zero attached hydrogens (tertiary/aromatic N) is 2. The second-order valence-corrected chi connectivity index (χ2v) is 7.14.